The van der Waals surface area contributed by atoms with Gasteiger partial charge >= 0.3 is 0 Å². The van der Waals surface area contributed by atoms with E-state index >= 15 is 0 Å². The van der Waals surface area contributed by atoms with Gasteiger partial charge in [0.05, 0.1) is 16.8 Å². The molecule has 2 N–H and O–H groups in total. The van der Waals surface area contributed by atoms with Crippen LogP contribution >= 0.6 is 0 Å². The highest BCUT2D eigenvalue weighted by molar-refractivity contribution is 7.91. The molecule has 0 radical (unpaired) electrons. The second kappa shape index (κ2) is 10.7. The second-order valence-electron chi connectivity index (χ2n) is 9.86. The smallest absolute Gasteiger partial charge is 0.237 e. The average molecular weight is 542 g/mol. The van der Waals surface area contributed by atoms with Gasteiger partial charge in [0.25, 0.3) is 0 Å². The van der Waals surface area contributed by atoms with Crippen molar-refractivity contribution in [1.29, 1.82) is 0 Å². The minimum Gasteiger partial charge on any atom is -0.438 e. The summed E-state index contributed by atoms with van der Waals surface area (Å²) in [5.74, 6) is -0.743. The number of benzene rings is 2. The third-order valence-corrected chi connectivity index (χ3v) is 8.06. The number of aromatic nitrogens is 2. The van der Waals surface area contributed by atoms with Crippen molar-refractivity contribution < 1.29 is 21.6 Å². The molecule has 4 aromatic rings. The number of nitrogens with one attached hydrogen (secondary N) is 2. The van der Waals surface area contributed by atoms with Gasteiger partial charge in [-0.25, -0.2) is 22.2 Å². The van der Waals surface area contributed by atoms with Gasteiger partial charge in [-0.2, -0.15) is 4.98 Å². The Morgan fingerprint density at radius 3 is 2.47 bits per heavy atom. The fraction of sp³-hybridized carbons (Fsp3) is 0.333. The highest BCUT2D eigenvalue weighted by atomic mass is 32.2. The first kappa shape index (κ1) is 26.1. The molecule has 38 heavy (non-hydrogen) atoms. The molecule has 1 aliphatic rings. The van der Waals surface area contributed by atoms with Gasteiger partial charge in [0, 0.05) is 23.8 Å². The number of rotatable bonds is 8. The van der Waals surface area contributed by atoms with E-state index in [1.807, 2.05) is 0 Å². The lowest BCUT2D eigenvalue weighted by Gasteiger charge is -2.32. The zero-order chi connectivity index (χ0) is 26.9. The Kier molecular flexibility index (Phi) is 7.31. The molecule has 1 fully saturated rings. The summed E-state index contributed by atoms with van der Waals surface area (Å²) in [6.07, 6.45) is 5.95. The molecule has 8 nitrogen and oxygen atoms in total. The van der Waals surface area contributed by atoms with E-state index < -0.39 is 27.4 Å². The molecule has 11 heteroatoms. The Balaban J connectivity index is 1.31. The molecule has 0 spiro atoms. The van der Waals surface area contributed by atoms with Crippen LogP contribution in [0.25, 0.3) is 22.4 Å². The minimum absolute atomic E-state index is 0.216. The fourth-order valence-corrected chi connectivity index (χ4v) is 5.92. The molecule has 1 saturated carbocycles. The standard InChI is InChI=1S/C27H29F2N5O3S/c1-34(2)22-10-8-21(9-11-22)31-27-30-15-19-14-25(37-26(19)32-27)18-5-12-23(29)24(13-18)33-38(35,36)16-17-3-6-20(28)7-4-17/h3-7,12-15,21-22,33H,8-11,16H2,1-2H3,(H,30,31,32). The molecule has 2 heterocycles. The topological polar surface area (TPSA) is 100 Å². The molecule has 0 amide bonds. The van der Waals surface area contributed by atoms with Crippen LogP contribution < -0.4 is 10.0 Å². The number of sulfonamides is 1. The molecule has 0 atom stereocenters. The van der Waals surface area contributed by atoms with Crippen LogP contribution in [-0.4, -0.2) is 49.5 Å². The van der Waals surface area contributed by atoms with Crippen LogP contribution in [0.3, 0.4) is 0 Å². The molecule has 1 aliphatic carbocycles. The van der Waals surface area contributed by atoms with Gasteiger partial charge in [-0.3, -0.25) is 4.72 Å². The number of hydrogen-bond acceptors (Lipinski definition) is 7. The third kappa shape index (κ3) is 6.11. The van der Waals surface area contributed by atoms with E-state index in [1.54, 1.807) is 12.3 Å². The summed E-state index contributed by atoms with van der Waals surface area (Å²) in [4.78, 5) is 11.2. The van der Waals surface area contributed by atoms with E-state index in [2.05, 4.69) is 39.0 Å². The van der Waals surface area contributed by atoms with Crippen LogP contribution in [0, 0.1) is 11.6 Å². The molecule has 2 aromatic heterocycles. The lowest BCUT2D eigenvalue weighted by atomic mass is 9.91. The lowest BCUT2D eigenvalue weighted by Crippen LogP contribution is -2.36. The zero-order valence-corrected chi connectivity index (χ0v) is 21.9. The summed E-state index contributed by atoms with van der Waals surface area (Å²) < 4.78 is 61.1. The second-order valence-corrected chi connectivity index (χ2v) is 11.6. The number of hydrogen-bond donors (Lipinski definition) is 2. The molecule has 0 saturated heterocycles. The van der Waals surface area contributed by atoms with Crippen LogP contribution in [0.15, 0.2) is 59.1 Å². The van der Waals surface area contributed by atoms with Crippen molar-refractivity contribution in [3.8, 4) is 11.3 Å². The summed E-state index contributed by atoms with van der Waals surface area (Å²) in [7, 11) is 0.265. The van der Waals surface area contributed by atoms with Gasteiger partial charge in [0.15, 0.2) is 0 Å². The zero-order valence-electron chi connectivity index (χ0n) is 21.1. The van der Waals surface area contributed by atoms with Gasteiger partial charge in [-0.15, -0.1) is 0 Å². The Morgan fingerprint density at radius 2 is 1.76 bits per heavy atom. The summed E-state index contributed by atoms with van der Waals surface area (Å²) in [6, 6.07) is 11.7. The Hall–Kier alpha value is -3.57. The van der Waals surface area contributed by atoms with E-state index in [-0.39, 0.29) is 5.69 Å². The molecule has 200 valence electrons. The van der Waals surface area contributed by atoms with Crippen molar-refractivity contribution in [2.45, 2.75) is 43.5 Å². The Labute approximate surface area is 220 Å². The van der Waals surface area contributed by atoms with Crippen LogP contribution in [-0.2, 0) is 15.8 Å². The van der Waals surface area contributed by atoms with Crippen molar-refractivity contribution in [2.24, 2.45) is 0 Å². The van der Waals surface area contributed by atoms with Gasteiger partial charge < -0.3 is 14.6 Å². The first-order valence-electron chi connectivity index (χ1n) is 12.4. The van der Waals surface area contributed by atoms with Gasteiger partial charge in [-0.05, 0) is 81.7 Å². The highest BCUT2D eigenvalue weighted by Crippen LogP contribution is 2.31. The molecule has 0 bridgehead atoms. The monoisotopic (exact) mass is 541 g/mol. The quantitative estimate of drug-likeness (QED) is 0.308. The van der Waals surface area contributed by atoms with E-state index in [0.717, 1.165) is 25.7 Å². The first-order chi connectivity index (χ1) is 18.1. The van der Waals surface area contributed by atoms with Crippen LogP contribution in [0.4, 0.5) is 20.4 Å². The molecule has 0 unspecified atom stereocenters. The van der Waals surface area contributed by atoms with E-state index in [0.29, 0.717) is 46.0 Å². The molecule has 2 aromatic carbocycles. The Bertz CT molecular complexity index is 1530. The average Bonchev–Trinajstić information content (AvgIpc) is 3.30. The van der Waals surface area contributed by atoms with Crippen LogP contribution in [0.1, 0.15) is 31.2 Å². The summed E-state index contributed by atoms with van der Waals surface area (Å²) in [6.45, 7) is 0. The number of fused-ring (bicyclic) bond motifs is 1. The lowest BCUT2D eigenvalue weighted by molar-refractivity contribution is 0.221. The maximum absolute atomic E-state index is 14.5. The number of nitrogens with zero attached hydrogens (tertiary/aromatic N) is 3. The van der Waals surface area contributed by atoms with Gasteiger partial charge in [0.1, 0.15) is 17.4 Å². The maximum Gasteiger partial charge on any atom is 0.237 e. The molecule has 5 rings (SSSR count). The normalized spacial score (nSPS) is 18.1. The minimum atomic E-state index is -3.95. The number of halogens is 2. The summed E-state index contributed by atoms with van der Waals surface area (Å²) >= 11 is 0. The van der Waals surface area contributed by atoms with Crippen molar-refractivity contribution in [1.82, 2.24) is 14.9 Å². The SMILES string of the molecule is CN(C)C1CCC(Nc2ncc3cc(-c4ccc(F)c(NS(=O)(=O)Cc5ccc(F)cc5)c4)oc3n2)CC1. The van der Waals surface area contributed by atoms with Gasteiger partial charge in [-0.1, -0.05) is 12.1 Å². The predicted octanol–water partition coefficient (Wildman–Crippen LogP) is 5.39. The van der Waals surface area contributed by atoms with Crippen molar-refractivity contribution in [3.05, 3.63) is 71.9 Å². The third-order valence-electron chi connectivity index (χ3n) is 6.82. The van der Waals surface area contributed by atoms with Crippen molar-refractivity contribution in [3.63, 3.8) is 0 Å². The first-order valence-corrected chi connectivity index (χ1v) is 14.0. The van der Waals surface area contributed by atoms with Gasteiger partial charge in [0.2, 0.25) is 21.7 Å². The molecular weight excluding hydrogens is 512 g/mol. The Morgan fingerprint density at radius 1 is 1.03 bits per heavy atom. The predicted molar refractivity (Wildman–Crippen MR) is 143 cm³/mol. The van der Waals surface area contributed by atoms with E-state index in [4.69, 9.17) is 4.42 Å². The summed E-state index contributed by atoms with van der Waals surface area (Å²) in [5.41, 5.74) is 1.01. The van der Waals surface area contributed by atoms with Crippen molar-refractivity contribution >= 4 is 32.8 Å². The van der Waals surface area contributed by atoms with E-state index in [9.17, 15) is 17.2 Å². The molecular formula is C27H29F2N5O3S. The largest absolute Gasteiger partial charge is 0.438 e. The van der Waals surface area contributed by atoms with Crippen LogP contribution in [0.5, 0.6) is 0 Å². The number of furan rings is 1. The van der Waals surface area contributed by atoms with Crippen molar-refractivity contribution in [2.75, 3.05) is 24.1 Å². The highest BCUT2D eigenvalue weighted by Gasteiger charge is 2.23. The summed E-state index contributed by atoms with van der Waals surface area (Å²) in [5, 5.41) is 4.07. The number of anilines is 2. The molecule has 0 aliphatic heterocycles. The van der Waals surface area contributed by atoms with Crippen LogP contribution in [0.2, 0.25) is 0 Å². The van der Waals surface area contributed by atoms with E-state index in [1.165, 1.54) is 42.5 Å². The maximum atomic E-state index is 14.5. The fourth-order valence-electron chi connectivity index (χ4n) is 4.72.